The van der Waals surface area contributed by atoms with E-state index in [0.29, 0.717) is 23.2 Å². The van der Waals surface area contributed by atoms with Crippen LogP contribution in [0.2, 0.25) is 0 Å². The third kappa shape index (κ3) is 3.92. The Morgan fingerprint density at radius 1 is 1.36 bits per heavy atom. The molecule has 3 aromatic heterocycles. The topological polar surface area (TPSA) is 107 Å². The minimum Gasteiger partial charge on any atom is -0.392 e. The molecular formula is C17H21N5O2S. The molecule has 0 amide bonds. The highest BCUT2D eigenvalue weighted by Crippen LogP contribution is 2.32. The van der Waals surface area contributed by atoms with Crippen molar-refractivity contribution in [2.45, 2.75) is 43.0 Å². The fourth-order valence-corrected chi connectivity index (χ4v) is 3.34. The van der Waals surface area contributed by atoms with E-state index in [-0.39, 0.29) is 6.61 Å². The number of nitrogens with zero attached hydrogens (tertiary/aromatic N) is 3. The molecule has 25 heavy (non-hydrogen) atoms. The highest BCUT2D eigenvalue weighted by Gasteiger charge is 2.18. The Morgan fingerprint density at radius 3 is 2.84 bits per heavy atom. The Hall–Kier alpha value is -2.16. The lowest BCUT2D eigenvalue weighted by Gasteiger charge is -2.11. The quantitative estimate of drug-likeness (QED) is 0.480. The van der Waals surface area contributed by atoms with Crippen LogP contribution in [-0.2, 0) is 13.0 Å². The van der Waals surface area contributed by atoms with Crippen molar-refractivity contribution in [2.75, 3.05) is 11.9 Å². The lowest BCUT2D eigenvalue weighted by Crippen LogP contribution is -2.16. The summed E-state index contributed by atoms with van der Waals surface area (Å²) in [6.45, 7) is 4.00. The Morgan fingerprint density at radius 2 is 2.20 bits per heavy atom. The van der Waals surface area contributed by atoms with E-state index in [1.807, 2.05) is 19.1 Å². The summed E-state index contributed by atoms with van der Waals surface area (Å²) in [6, 6.07) is 3.81. The second-order valence-electron chi connectivity index (χ2n) is 5.69. The number of H-pyrrole nitrogens is 1. The summed E-state index contributed by atoms with van der Waals surface area (Å²) in [4.78, 5) is 17.5. The molecule has 132 valence electrons. The number of aromatic amines is 1. The van der Waals surface area contributed by atoms with Crippen LogP contribution < -0.4 is 5.32 Å². The Labute approximate surface area is 149 Å². The lowest BCUT2D eigenvalue weighted by molar-refractivity contribution is 0.208. The van der Waals surface area contributed by atoms with Gasteiger partial charge in [0.15, 0.2) is 5.16 Å². The number of rotatable bonds is 7. The second-order valence-corrected chi connectivity index (χ2v) is 6.73. The summed E-state index contributed by atoms with van der Waals surface area (Å²) in [5.74, 6) is 0.609. The third-order valence-electron chi connectivity index (χ3n) is 3.74. The standard InChI is InChI=1S/C17H21N5O2S/c1-3-13-12(9-23)14-15(19-7-10(2)24)21-17(22-16(14)20-13)25-11-5-4-6-18-8-11/h4-6,8,10,23-24H,3,7,9H2,1-2H3,(H2,19,20,21,22). The van der Waals surface area contributed by atoms with Crippen LogP contribution in [0.15, 0.2) is 34.6 Å². The van der Waals surface area contributed by atoms with Gasteiger partial charge in [-0.2, -0.15) is 0 Å². The molecule has 1 unspecified atom stereocenters. The fraction of sp³-hybridized carbons (Fsp3) is 0.353. The van der Waals surface area contributed by atoms with E-state index < -0.39 is 6.10 Å². The van der Waals surface area contributed by atoms with Crippen molar-refractivity contribution in [1.82, 2.24) is 19.9 Å². The molecule has 0 bridgehead atoms. The first-order valence-electron chi connectivity index (χ1n) is 8.14. The molecule has 8 heteroatoms. The van der Waals surface area contributed by atoms with E-state index in [2.05, 4.69) is 25.3 Å². The van der Waals surface area contributed by atoms with Gasteiger partial charge in [-0.15, -0.1) is 0 Å². The zero-order valence-corrected chi connectivity index (χ0v) is 15.0. The van der Waals surface area contributed by atoms with Gasteiger partial charge in [-0.3, -0.25) is 4.98 Å². The monoisotopic (exact) mass is 359 g/mol. The molecule has 0 aromatic carbocycles. The zero-order chi connectivity index (χ0) is 17.8. The first-order valence-corrected chi connectivity index (χ1v) is 8.96. The summed E-state index contributed by atoms with van der Waals surface area (Å²) in [6.07, 6.45) is 3.72. The van der Waals surface area contributed by atoms with Gasteiger partial charge >= 0.3 is 0 Å². The van der Waals surface area contributed by atoms with E-state index in [1.165, 1.54) is 11.8 Å². The highest BCUT2D eigenvalue weighted by atomic mass is 32.2. The highest BCUT2D eigenvalue weighted by molar-refractivity contribution is 7.99. The smallest absolute Gasteiger partial charge is 0.196 e. The first-order chi connectivity index (χ1) is 12.1. The van der Waals surface area contributed by atoms with Crippen molar-refractivity contribution >= 4 is 28.6 Å². The number of aromatic nitrogens is 4. The Kier molecular flexibility index (Phi) is 5.52. The molecular weight excluding hydrogens is 338 g/mol. The number of aliphatic hydroxyl groups is 2. The third-order valence-corrected chi connectivity index (χ3v) is 4.59. The average molecular weight is 359 g/mol. The maximum atomic E-state index is 9.78. The number of hydrogen-bond acceptors (Lipinski definition) is 7. The van der Waals surface area contributed by atoms with Gasteiger partial charge in [-0.05, 0) is 37.2 Å². The van der Waals surface area contributed by atoms with Crippen molar-refractivity contribution in [3.63, 3.8) is 0 Å². The van der Waals surface area contributed by atoms with Gasteiger partial charge < -0.3 is 20.5 Å². The van der Waals surface area contributed by atoms with Crippen LogP contribution in [0.4, 0.5) is 5.82 Å². The SMILES string of the molecule is CCc1[nH]c2nc(Sc3cccnc3)nc(NCC(C)O)c2c1CO. The summed E-state index contributed by atoms with van der Waals surface area (Å²) >= 11 is 1.41. The van der Waals surface area contributed by atoms with Crippen molar-refractivity contribution in [3.8, 4) is 0 Å². The summed E-state index contributed by atoms with van der Waals surface area (Å²) in [5.41, 5.74) is 2.41. The van der Waals surface area contributed by atoms with Gasteiger partial charge in [-0.1, -0.05) is 6.92 Å². The van der Waals surface area contributed by atoms with E-state index in [0.717, 1.165) is 28.0 Å². The molecule has 0 radical (unpaired) electrons. The normalized spacial score (nSPS) is 12.5. The number of fused-ring (bicyclic) bond motifs is 1. The molecule has 0 saturated carbocycles. The maximum absolute atomic E-state index is 9.78. The maximum Gasteiger partial charge on any atom is 0.196 e. The lowest BCUT2D eigenvalue weighted by atomic mass is 10.1. The number of aliphatic hydroxyl groups excluding tert-OH is 2. The van der Waals surface area contributed by atoms with Gasteiger partial charge in [0.2, 0.25) is 0 Å². The second kappa shape index (κ2) is 7.81. The molecule has 3 rings (SSSR count). The van der Waals surface area contributed by atoms with Crippen LogP contribution in [0.3, 0.4) is 0 Å². The minimum atomic E-state index is -0.512. The summed E-state index contributed by atoms with van der Waals surface area (Å²) < 4.78 is 0. The van der Waals surface area contributed by atoms with Gasteiger partial charge in [-0.25, -0.2) is 9.97 Å². The average Bonchev–Trinajstić information content (AvgIpc) is 2.98. The molecule has 0 aliphatic rings. The van der Waals surface area contributed by atoms with Crippen molar-refractivity contribution in [3.05, 3.63) is 35.8 Å². The van der Waals surface area contributed by atoms with Crippen LogP contribution in [0.5, 0.6) is 0 Å². The van der Waals surface area contributed by atoms with Gasteiger partial charge in [0.05, 0.1) is 18.1 Å². The Bertz CT molecular complexity index is 851. The van der Waals surface area contributed by atoms with E-state index in [9.17, 15) is 10.2 Å². The van der Waals surface area contributed by atoms with Gasteiger partial charge in [0.1, 0.15) is 11.5 Å². The first kappa shape index (κ1) is 17.7. The summed E-state index contributed by atoms with van der Waals surface area (Å²) in [5, 5.41) is 23.9. The number of aryl methyl sites for hydroxylation is 1. The molecule has 7 nitrogen and oxygen atoms in total. The predicted octanol–water partition coefficient (Wildman–Crippen LogP) is 2.35. The molecule has 0 aliphatic heterocycles. The van der Waals surface area contributed by atoms with Crippen molar-refractivity contribution in [1.29, 1.82) is 0 Å². The molecule has 3 aromatic rings. The zero-order valence-electron chi connectivity index (χ0n) is 14.2. The molecule has 1 atom stereocenters. The number of anilines is 1. The minimum absolute atomic E-state index is 0.0923. The molecule has 4 N–H and O–H groups in total. The molecule has 0 saturated heterocycles. The molecule has 0 fully saturated rings. The van der Waals surface area contributed by atoms with E-state index in [1.54, 1.807) is 19.3 Å². The van der Waals surface area contributed by atoms with Crippen LogP contribution in [-0.4, -0.2) is 42.8 Å². The largest absolute Gasteiger partial charge is 0.392 e. The molecule has 3 heterocycles. The molecule has 0 aliphatic carbocycles. The fourth-order valence-electron chi connectivity index (χ4n) is 2.59. The number of hydrogen-bond donors (Lipinski definition) is 4. The van der Waals surface area contributed by atoms with Gasteiger partial charge in [0, 0.05) is 35.1 Å². The van der Waals surface area contributed by atoms with Crippen LogP contribution in [0.1, 0.15) is 25.1 Å². The summed E-state index contributed by atoms with van der Waals surface area (Å²) in [7, 11) is 0. The van der Waals surface area contributed by atoms with Crippen LogP contribution in [0.25, 0.3) is 11.0 Å². The van der Waals surface area contributed by atoms with Crippen molar-refractivity contribution < 1.29 is 10.2 Å². The van der Waals surface area contributed by atoms with Crippen LogP contribution >= 0.6 is 11.8 Å². The van der Waals surface area contributed by atoms with Crippen molar-refractivity contribution in [2.24, 2.45) is 0 Å². The van der Waals surface area contributed by atoms with E-state index >= 15 is 0 Å². The number of nitrogens with one attached hydrogen (secondary N) is 2. The number of pyridine rings is 1. The van der Waals surface area contributed by atoms with E-state index in [4.69, 9.17) is 0 Å². The predicted molar refractivity (Wildman–Crippen MR) is 97.7 cm³/mol. The molecule has 0 spiro atoms. The van der Waals surface area contributed by atoms with Gasteiger partial charge in [0.25, 0.3) is 0 Å². The van der Waals surface area contributed by atoms with Crippen LogP contribution in [0, 0.1) is 0 Å². The Balaban J connectivity index is 2.07.